The van der Waals surface area contributed by atoms with Crippen LogP contribution in [0.2, 0.25) is 0 Å². The number of nitrogens with one attached hydrogen (secondary N) is 4. The van der Waals surface area contributed by atoms with Crippen LogP contribution in [0.1, 0.15) is 100 Å². The maximum Gasteiger partial charge on any atom is 0.417 e. The highest BCUT2D eigenvalue weighted by atomic mass is 31.1. The largest absolute Gasteiger partial charge is 0.480 e. The Kier molecular flexibility index (Phi) is 17.2. The monoisotopic (exact) mass is 852 g/mol. The van der Waals surface area contributed by atoms with Crippen molar-refractivity contribution >= 4 is 49.3 Å². The molecule has 332 valence electrons. The summed E-state index contributed by atoms with van der Waals surface area (Å²) >= 11 is 0. The molecule has 7 atom stereocenters. The molecule has 1 aromatic carbocycles. The molecule has 5 amide bonds. The third-order valence-electron chi connectivity index (χ3n) is 11.0. The van der Waals surface area contributed by atoms with Gasteiger partial charge in [0.2, 0.25) is 17.7 Å². The number of benzene rings is 1. The van der Waals surface area contributed by atoms with Crippen LogP contribution in [-0.4, -0.2) is 117 Å². The molecular formula is C40H65N6O12P. The number of carboxylic acid groups (broad SMARTS) is 1. The Labute approximate surface area is 347 Å². The van der Waals surface area contributed by atoms with E-state index in [1.165, 1.54) is 60.7 Å². The first kappa shape index (κ1) is 50.9. The number of hydrogen-bond acceptors (Lipinski definition) is 13. The zero-order valence-electron chi connectivity index (χ0n) is 36.3. The van der Waals surface area contributed by atoms with Gasteiger partial charge in [-0.25, -0.2) is 14.5 Å². The van der Waals surface area contributed by atoms with Gasteiger partial charge in [0.05, 0.1) is 11.8 Å². The first-order valence-corrected chi connectivity index (χ1v) is 21.1. The Hall–Kier alpha value is -4.22. The fourth-order valence-electron chi connectivity index (χ4n) is 7.31. The normalized spacial score (nSPS) is 19.1. The Morgan fingerprint density at radius 1 is 0.915 bits per heavy atom. The van der Waals surface area contributed by atoms with E-state index in [9.17, 15) is 39.0 Å². The number of aliphatic hydroxyl groups excluding tert-OH is 1. The molecule has 0 spiro atoms. The Balaban J connectivity index is 2.59. The summed E-state index contributed by atoms with van der Waals surface area (Å²) in [6.45, 7) is 13.9. The van der Waals surface area contributed by atoms with E-state index < -0.39 is 113 Å². The molecule has 1 fully saturated rings. The minimum Gasteiger partial charge on any atom is -0.480 e. The Bertz CT molecular complexity index is 1750. The van der Waals surface area contributed by atoms with Crippen molar-refractivity contribution in [3.8, 4) is 0 Å². The number of methoxy groups -OCH3 is 1. The van der Waals surface area contributed by atoms with E-state index in [4.69, 9.17) is 15.2 Å². The molecule has 1 aliphatic rings. The highest BCUT2D eigenvalue weighted by Gasteiger charge is 2.62. The maximum atomic E-state index is 15.1. The Morgan fingerprint density at radius 3 is 1.88 bits per heavy atom. The Morgan fingerprint density at radius 2 is 1.46 bits per heavy atom. The first-order chi connectivity index (χ1) is 27.2. The lowest BCUT2D eigenvalue weighted by atomic mass is 9.75. The number of imide groups is 1. The van der Waals surface area contributed by atoms with Crippen LogP contribution in [0, 0.1) is 11.8 Å². The average Bonchev–Trinajstić information content (AvgIpc) is 3.67. The number of amides is 5. The molecule has 19 heteroatoms. The van der Waals surface area contributed by atoms with Crippen molar-refractivity contribution in [2.24, 2.45) is 17.6 Å². The SMILES string of the molecule is CN[C@@](C(=O)N[C@H](C(=O)O)C(C)C)(C(=O)C1([PH](=O)C(C)(NC(=O)[C@H](C)N(C(=O)OC(C)(C)C)C(=O)[C@H](C)NC(=O)[C@@](N)(CO)c2ccccc2)OC)CCCC1)C(C)C. The lowest BCUT2D eigenvalue weighted by Crippen LogP contribution is -2.70. The molecule has 1 aliphatic carbocycles. The quantitative estimate of drug-likeness (QED) is 0.0598. The molecule has 59 heavy (non-hydrogen) atoms. The lowest BCUT2D eigenvalue weighted by Gasteiger charge is -2.45. The second-order valence-electron chi connectivity index (χ2n) is 17.0. The third-order valence-corrected chi connectivity index (χ3v) is 13.8. The summed E-state index contributed by atoms with van der Waals surface area (Å²) in [6, 6.07) is 3.37. The number of Topliss-reactive ketones (excluding diaryl/α,β-unsaturated/α-hetero) is 1. The molecule has 0 heterocycles. The molecule has 2 rings (SSSR count). The number of nitrogens with two attached hydrogens (primary N) is 1. The number of hydrogen-bond donors (Lipinski definition) is 7. The molecule has 0 aromatic heterocycles. The van der Waals surface area contributed by atoms with E-state index in [-0.39, 0.29) is 18.4 Å². The van der Waals surface area contributed by atoms with Gasteiger partial charge in [-0.3, -0.25) is 29.3 Å². The highest BCUT2D eigenvalue weighted by Crippen LogP contribution is 2.59. The van der Waals surface area contributed by atoms with Gasteiger partial charge in [-0.05, 0) is 78.8 Å². The summed E-state index contributed by atoms with van der Waals surface area (Å²) in [5, 5.41) is 28.5. The van der Waals surface area contributed by atoms with Crippen molar-refractivity contribution in [2.45, 2.75) is 140 Å². The van der Waals surface area contributed by atoms with Gasteiger partial charge in [0, 0.05) is 7.11 Å². The lowest BCUT2D eigenvalue weighted by molar-refractivity contribution is -0.148. The van der Waals surface area contributed by atoms with Crippen molar-refractivity contribution in [1.29, 1.82) is 0 Å². The number of carbonyl (C=O) groups excluding carboxylic acids is 6. The molecule has 0 bridgehead atoms. The summed E-state index contributed by atoms with van der Waals surface area (Å²) in [5.41, 5.74) is -0.772. The number of ether oxygens (including phenoxy) is 2. The second-order valence-corrected chi connectivity index (χ2v) is 19.5. The number of aliphatic carboxylic acids is 1. The fourth-order valence-corrected chi connectivity index (χ4v) is 9.86. The summed E-state index contributed by atoms with van der Waals surface area (Å²) in [5.74, 6) is -7.41. The minimum absolute atomic E-state index is 0.0448. The maximum absolute atomic E-state index is 15.1. The van der Waals surface area contributed by atoms with Crippen molar-refractivity contribution in [1.82, 2.24) is 26.2 Å². The summed E-state index contributed by atoms with van der Waals surface area (Å²) in [4.78, 5) is 97.1. The molecular weight excluding hydrogens is 787 g/mol. The summed E-state index contributed by atoms with van der Waals surface area (Å²) in [6.07, 6.45) is -0.297. The van der Waals surface area contributed by atoms with Gasteiger partial charge in [-0.15, -0.1) is 0 Å². The molecule has 1 saturated carbocycles. The van der Waals surface area contributed by atoms with Gasteiger partial charge >= 0.3 is 12.1 Å². The van der Waals surface area contributed by atoms with Crippen LogP contribution in [-0.2, 0) is 48.3 Å². The highest BCUT2D eigenvalue weighted by molar-refractivity contribution is 7.49. The topological polar surface area (TPSA) is 273 Å². The van der Waals surface area contributed by atoms with Crippen LogP contribution in [0.15, 0.2) is 30.3 Å². The van der Waals surface area contributed by atoms with Crippen LogP contribution in [0.3, 0.4) is 0 Å². The zero-order chi connectivity index (χ0) is 45.5. The minimum atomic E-state index is -3.53. The van der Waals surface area contributed by atoms with Crippen molar-refractivity contribution < 1.29 is 57.8 Å². The van der Waals surface area contributed by atoms with Crippen LogP contribution >= 0.6 is 7.80 Å². The standard InChI is InChI=1S/C40H65N6O12P/c1-23(2)28(31(50)51)44-34(54)40(42-11,24(3)4)32(52)38(20-16-17-21-38)59(56)37(10,57-12)45-29(48)26(6)46(35(55)58-36(7,8)9)30(49)25(5)43-33(53)39(41,22-47)27-18-14-13-15-19-27/h13-15,18-19,23-26,28,42,47,59H,16-17,20-22,41H2,1-12H3,(H,43,53)(H,44,54)(H,45,48)(H,50,51)/t25-,26-,28-,37?,39+,40+/m0/s1. The fraction of sp³-hybridized carbons (Fsp3) is 0.675. The van der Waals surface area contributed by atoms with Crippen molar-refractivity contribution in [3.63, 3.8) is 0 Å². The first-order valence-electron chi connectivity index (χ1n) is 19.7. The van der Waals surface area contributed by atoms with Gasteiger partial charge in [-0.1, -0.05) is 70.9 Å². The van der Waals surface area contributed by atoms with E-state index in [1.54, 1.807) is 45.9 Å². The second kappa shape index (κ2) is 19.9. The van der Waals surface area contributed by atoms with Crippen LogP contribution in [0.4, 0.5) is 4.79 Å². The molecule has 8 N–H and O–H groups in total. The molecule has 2 unspecified atom stereocenters. The number of rotatable bonds is 19. The average molecular weight is 853 g/mol. The molecule has 0 radical (unpaired) electrons. The van der Waals surface area contributed by atoms with Crippen LogP contribution in [0.25, 0.3) is 0 Å². The van der Waals surface area contributed by atoms with Gasteiger partial charge in [0.15, 0.2) is 16.8 Å². The number of nitrogens with zero attached hydrogens (tertiary/aromatic N) is 1. The molecule has 18 nitrogen and oxygen atoms in total. The van der Waals surface area contributed by atoms with Gasteiger partial charge < -0.3 is 45.9 Å². The van der Waals surface area contributed by atoms with Crippen molar-refractivity contribution in [2.75, 3.05) is 20.8 Å². The smallest absolute Gasteiger partial charge is 0.417 e. The molecule has 0 saturated heterocycles. The molecule has 1 aromatic rings. The summed E-state index contributed by atoms with van der Waals surface area (Å²) in [7, 11) is -0.998. The molecule has 0 aliphatic heterocycles. The van der Waals surface area contributed by atoms with Crippen LogP contribution in [0.5, 0.6) is 0 Å². The van der Waals surface area contributed by atoms with Gasteiger partial charge in [0.1, 0.15) is 37.1 Å². The predicted molar refractivity (Wildman–Crippen MR) is 219 cm³/mol. The number of aliphatic hydroxyl groups is 1. The van der Waals surface area contributed by atoms with Gasteiger partial charge in [0.25, 0.3) is 5.91 Å². The van der Waals surface area contributed by atoms with E-state index in [1.807, 2.05) is 0 Å². The predicted octanol–water partition coefficient (Wildman–Crippen LogP) is 2.21. The van der Waals surface area contributed by atoms with Gasteiger partial charge in [-0.2, -0.15) is 0 Å². The number of carboxylic acids is 1. The number of likely N-dealkylation sites (N-methyl/N-ethyl adjacent to an activating group) is 1. The van der Waals surface area contributed by atoms with E-state index in [0.29, 0.717) is 17.7 Å². The zero-order valence-corrected chi connectivity index (χ0v) is 37.3. The number of ketones is 1. The van der Waals surface area contributed by atoms with Crippen molar-refractivity contribution in [3.05, 3.63) is 35.9 Å². The number of carbonyl (C=O) groups is 7. The third kappa shape index (κ3) is 10.8. The van der Waals surface area contributed by atoms with E-state index in [0.717, 1.165) is 7.11 Å². The van der Waals surface area contributed by atoms with E-state index in [2.05, 4.69) is 21.3 Å². The van der Waals surface area contributed by atoms with E-state index >= 15 is 9.36 Å². The van der Waals surface area contributed by atoms with Crippen LogP contribution < -0.4 is 27.0 Å². The summed E-state index contributed by atoms with van der Waals surface area (Å²) < 4.78 is 26.3.